The normalized spacial score (nSPS) is 24.0. The molecule has 4 aliphatic heterocycles. The summed E-state index contributed by atoms with van der Waals surface area (Å²) in [5, 5.41) is 0.913. The van der Waals surface area contributed by atoms with Crippen molar-refractivity contribution in [3.8, 4) is 5.75 Å². The second kappa shape index (κ2) is 8.79. The van der Waals surface area contributed by atoms with Gasteiger partial charge in [-0.05, 0) is 66.6 Å². The van der Waals surface area contributed by atoms with Crippen LogP contribution in [0.5, 0.6) is 5.75 Å². The van der Waals surface area contributed by atoms with E-state index >= 15 is 0 Å². The minimum atomic E-state index is -0.574. The molecule has 3 atom stereocenters. The number of piperidine rings is 1. The Morgan fingerprint density at radius 1 is 1.03 bits per heavy atom. The second-order valence-electron chi connectivity index (χ2n) is 10.7. The molecule has 3 aromatic rings. The van der Waals surface area contributed by atoms with Crippen LogP contribution in [0.25, 0.3) is 10.9 Å². The van der Waals surface area contributed by atoms with E-state index in [1.807, 2.05) is 35.2 Å². The Morgan fingerprint density at radius 2 is 1.92 bits per heavy atom. The Hall–Kier alpha value is -4.01. The van der Waals surface area contributed by atoms with Crippen LogP contribution in [-0.2, 0) is 33.8 Å². The first-order valence-electron chi connectivity index (χ1n) is 13.3. The predicted octanol–water partition coefficient (Wildman–Crippen LogP) is 2.41. The number of carbonyl (C=O) groups is 3. The lowest BCUT2D eigenvalue weighted by molar-refractivity contribution is -0.171. The maximum Gasteiger partial charge on any atom is 0.313 e. The molecule has 9 heteroatoms. The van der Waals surface area contributed by atoms with Crippen molar-refractivity contribution in [3.63, 3.8) is 0 Å². The molecule has 9 nitrogen and oxygen atoms in total. The molecule has 6 heterocycles. The Bertz CT molecular complexity index is 1490. The third-order valence-corrected chi connectivity index (χ3v) is 8.70. The van der Waals surface area contributed by atoms with Gasteiger partial charge in [0, 0.05) is 49.5 Å². The minimum absolute atomic E-state index is 0.0410. The molecule has 0 saturated carbocycles. The molecule has 0 aliphatic carbocycles. The molecule has 194 valence electrons. The van der Waals surface area contributed by atoms with Crippen LogP contribution in [0.2, 0.25) is 0 Å². The molecule has 0 spiro atoms. The van der Waals surface area contributed by atoms with Crippen LogP contribution in [0.1, 0.15) is 47.7 Å². The van der Waals surface area contributed by atoms with E-state index in [1.165, 1.54) is 0 Å². The number of ether oxygens (including phenoxy) is 1. The molecule has 0 radical (unpaired) electrons. The van der Waals surface area contributed by atoms with Gasteiger partial charge in [-0.1, -0.05) is 6.07 Å². The molecule has 2 fully saturated rings. The van der Waals surface area contributed by atoms with Crippen molar-refractivity contribution in [2.45, 2.75) is 56.8 Å². The van der Waals surface area contributed by atoms with Gasteiger partial charge in [0.2, 0.25) is 5.91 Å². The van der Waals surface area contributed by atoms with Gasteiger partial charge in [0.1, 0.15) is 11.8 Å². The van der Waals surface area contributed by atoms with Crippen LogP contribution < -0.4 is 4.74 Å². The third-order valence-electron chi connectivity index (χ3n) is 8.70. The van der Waals surface area contributed by atoms with Crippen molar-refractivity contribution in [3.05, 3.63) is 65.1 Å². The Balaban J connectivity index is 1.19. The lowest BCUT2D eigenvalue weighted by atomic mass is 9.78. The standard InChI is InChI=1S/C29H29N5O4/c1-38-20-5-6-21-17(14-20)8-12-33-26(21)24-3-2-4-25(27(33)35)34(24)29(37)28(36)32-11-9-23-19(16-32)13-18-15-30-10-7-22(18)31-23/h5-7,10,13-15,24-26H,2-4,8-9,11-12,16H2,1H3. The zero-order valence-corrected chi connectivity index (χ0v) is 21.3. The van der Waals surface area contributed by atoms with Crippen LogP contribution in [0.3, 0.4) is 0 Å². The van der Waals surface area contributed by atoms with Gasteiger partial charge in [-0.15, -0.1) is 0 Å². The van der Waals surface area contributed by atoms with Gasteiger partial charge in [-0.25, -0.2) is 0 Å². The monoisotopic (exact) mass is 511 g/mol. The summed E-state index contributed by atoms with van der Waals surface area (Å²) in [6.07, 6.45) is 7.05. The van der Waals surface area contributed by atoms with E-state index in [4.69, 9.17) is 9.72 Å². The Morgan fingerprint density at radius 3 is 2.79 bits per heavy atom. The van der Waals surface area contributed by atoms with E-state index in [9.17, 15) is 14.4 Å². The summed E-state index contributed by atoms with van der Waals surface area (Å²) in [6, 6.07) is 8.82. The minimum Gasteiger partial charge on any atom is -0.497 e. The summed E-state index contributed by atoms with van der Waals surface area (Å²) in [5.41, 5.74) is 4.97. The number of nitrogens with zero attached hydrogens (tertiary/aromatic N) is 5. The maximum atomic E-state index is 13.9. The average molecular weight is 512 g/mol. The first-order valence-corrected chi connectivity index (χ1v) is 13.3. The number of fused-ring (bicyclic) bond motifs is 8. The van der Waals surface area contributed by atoms with E-state index < -0.39 is 17.9 Å². The van der Waals surface area contributed by atoms with Gasteiger partial charge in [0.05, 0.1) is 24.7 Å². The first kappa shape index (κ1) is 23.1. The zero-order chi connectivity index (χ0) is 26.0. The van der Waals surface area contributed by atoms with Crippen molar-refractivity contribution in [2.75, 3.05) is 20.2 Å². The molecular formula is C29H29N5O4. The van der Waals surface area contributed by atoms with Crippen LogP contribution >= 0.6 is 0 Å². The number of benzene rings is 1. The average Bonchev–Trinajstić information content (AvgIpc) is 2.96. The van der Waals surface area contributed by atoms with Crippen LogP contribution in [0.15, 0.2) is 42.7 Å². The molecule has 1 aromatic carbocycles. The van der Waals surface area contributed by atoms with Gasteiger partial charge in [0.15, 0.2) is 0 Å². The molecular weight excluding hydrogens is 482 g/mol. The van der Waals surface area contributed by atoms with Crippen LogP contribution in [0, 0.1) is 0 Å². The lowest BCUT2D eigenvalue weighted by Gasteiger charge is -2.55. The second-order valence-corrected chi connectivity index (χ2v) is 10.7. The first-order chi connectivity index (χ1) is 18.5. The van der Waals surface area contributed by atoms with E-state index in [0.29, 0.717) is 32.5 Å². The van der Waals surface area contributed by atoms with E-state index in [0.717, 1.165) is 58.3 Å². The molecule has 38 heavy (non-hydrogen) atoms. The fourth-order valence-electron chi connectivity index (χ4n) is 6.89. The number of rotatable bonds is 1. The number of hydrogen-bond acceptors (Lipinski definition) is 6. The summed E-state index contributed by atoms with van der Waals surface area (Å²) in [4.78, 5) is 55.3. The fourth-order valence-corrected chi connectivity index (χ4v) is 6.89. The van der Waals surface area contributed by atoms with Crippen molar-refractivity contribution in [2.24, 2.45) is 0 Å². The highest BCUT2D eigenvalue weighted by atomic mass is 16.5. The molecule has 2 bridgehead atoms. The summed E-state index contributed by atoms with van der Waals surface area (Å²) in [7, 11) is 1.65. The zero-order valence-electron chi connectivity index (χ0n) is 21.3. The van der Waals surface area contributed by atoms with Crippen molar-refractivity contribution >= 4 is 28.6 Å². The molecule has 3 amide bonds. The lowest BCUT2D eigenvalue weighted by Crippen LogP contribution is -2.68. The van der Waals surface area contributed by atoms with Crippen molar-refractivity contribution < 1.29 is 19.1 Å². The van der Waals surface area contributed by atoms with Crippen LogP contribution in [0.4, 0.5) is 0 Å². The van der Waals surface area contributed by atoms with Gasteiger partial charge in [0.25, 0.3) is 0 Å². The predicted molar refractivity (Wildman–Crippen MR) is 138 cm³/mol. The summed E-state index contributed by atoms with van der Waals surface area (Å²) < 4.78 is 5.42. The molecule has 2 saturated heterocycles. The number of hydrogen-bond donors (Lipinski definition) is 0. The summed E-state index contributed by atoms with van der Waals surface area (Å²) >= 11 is 0. The molecule has 2 aromatic heterocycles. The van der Waals surface area contributed by atoms with Gasteiger partial charge >= 0.3 is 11.8 Å². The van der Waals surface area contributed by atoms with E-state index in [1.54, 1.807) is 29.3 Å². The number of amides is 3. The Labute approximate surface area is 220 Å². The highest BCUT2D eigenvalue weighted by Gasteiger charge is 2.53. The van der Waals surface area contributed by atoms with Crippen molar-refractivity contribution in [1.82, 2.24) is 24.7 Å². The third kappa shape index (κ3) is 3.48. The number of aromatic nitrogens is 2. The summed E-state index contributed by atoms with van der Waals surface area (Å²) in [6.45, 7) is 1.37. The van der Waals surface area contributed by atoms with Gasteiger partial charge < -0.3 is 19.4 Å². The smallest absolute Gasteiger partial charge is 0.313 e. The highest BCUT2D eigenvalue weighted by molar-refractivity contribution is 6.35. The topological polar surface area (TPSA) is 95.9 Å². The number of methoxy groups -OCH3 is 1. The number of piperazine rings is 1. The molecule has 7 rings (SSSR count). The van der Waals surface area contributed by atoms with Crippen LogP contribution in [-0.4, -0.2) is 74.7 Å². The fraction of sp³-hybridized carbons (Fsp3) is 0.414. The van der Waals surface area contributed by atoms with Gasteiger partial charge in [-0.3, -0.25) is 24.4 Å². The SMILES string of the molecule is COc1ccc2c(c1)CCN1C(=O)C3CCCC(C21)N3C(=O)C(=O)N1CCc2nc3ccncc3cc2C1. The summed E-state index contributed by atoms with van der Waals surface area (Å²) in [5.74, 6) is -0.355. The largest absolute Gasteiger partial charge is 0.497 e. The molecule has 3 unspecified atom stereocenters. The van der Waals surface area contributed by atoms with Crippen molar-refractivity contribution in [1.29, 1.82) is 0 Å². The molecule has 4 aliphatic rings. The van der Waals surface area contributed by atoms with Gasteiger partial charge in [-0.2, -0.15) is 0 Å². The maximum absolute atomic E-state index is 13.9. The quantitative estimate of drug-likeness (QED) is 0.466. The number of carbonyl (C=O) groups excluding carboxylic acids is 3. The number of pyridine rings is 2. The molecule has 0 N–H and O–H groups in total. The highest BCUT2D eigenvalue weighted by Crippen LogP contribution is 2.45. The van der Waals surface area contributed by atoms with E-state index in [2.05, 4.69) is 4.98 Å². The van der Waals surface area contributed by atoms with E-state index in [-0.39, 0.29) is 18.0 Å². The Kier molecular flexibility index (Phi) is 5.35.